The molecule has 2 nitrogen and oxygen atoms in total. The number of rotatable bonds is 4. The predicted molar refractivity (Wildman–Crippen MR) is 74.5 cm³/mol. The second kappa shape index (κ2) is 6.07. The van der Waals surface area contributed by atoms with E-state index in [0.29, 0.717) is 5.88 Å². The third-order valence-electron chi connectivity index (χ3n) is 2.22. The molecule has 0 aliphatic rings. The van der Waals surface area contributed by atoms with Gasteiger partial charge in [-0.15, -0.1) is 11.8 Å². The Kier molecular flexibility index (Phi) is 4.45. The lowest BCUT2D eigenvalue weighted by atomic mass is 10.2. The van der Waals surface area contributed by atoms with Crippen molar-refractivity contribution < 1.29 is 4.74 Å². The van der Waals surface area contributed by atoms with E-state index in [9.17, 15) is 0 Å². The fraction of sp³-hybridized carbons (Fsp3) is 0.154. The molecular formula is C13H12BrNOS. The molecule has 0 atom stereocenters. The molecule has 4 heteroatoms. The van der Waals surface area contributed by atoms with Crippen LogP contribution in [-0.2, 0) is 5.75 Å². The molecular weight excluding hydrogens is 298 g/mol. The van der Waals surface area contributed by atoms with E-state index in [0.717, 1.165) is 15.3 Å². The Bertz CT molecular complexity index is 490. The Morgan fingerprint density at radius 2 is 1.94 bits per heavy atom. The molecule has 0 aliphatic carbocycles. The zero-order valence-corrected chi connectivity index (χ0v) is 11.8. The van der Waals surface area contributed by atoms with E-state index >= 15 is 0 Å². The number of ether oxygens (including phenoxy) is 1. The van der Waals surface area contributed by atoms with Crippen LogP contribution >= 0.6 is 27.7 Å². The fourth-order valence-corrected chi connectivity index (χ4v) is 2.77. The zero-order valence-electron chi connectivity index (χ0n) is 9.39. The van der Waals surface area contributed by atoms with Gasteiger partial charge in [-0.2, -0.15) is 0 Å². The largest absolute Gasteiger partial charge is 0.481 e. The van der Waals surface area contributed by atoms with E-state index in [1.807, 2.05) is 30.3 Å². The minimum atomic E-state index is 0.642. The quantitative estimate of drug-likeness (QED) is 0.792. The van der Waals surface area contributed by atoms with Crippen LogP contribution in [0.15, 0.2) is 52.0 Å². The molecule has 88 valence electrons. The lowest BCUT2D eigenvalue weighted by Gasteiger charge is -2.05. The van der Waals surface area contributed by atoms with Crippen LogP contribution < -0.4 is 4.74 Å². The van der Waals surface area contributed by atoms with Gasteiger partial charge in [0, 0.05) is 11.8 Å². The number of aromatic nitrogens is 1. The Balaban J connectivity index is 2.08. The summed E-state index contributed by atoms with van der Waals surface area (Å²) in [6.45, 7) is 0. The van der Waals surface area contributed by atoms with Gasteiger partial charge >= 0.3 is 0 Å². The van der Waals surface area contributed by atoms with Crippen molar-refractivity contribution in [2.75, 3.05) is 7.11 Å². The van der Waals surface area contributed by atoms with Gasteiger partial charge in [-0.1, -0.05) is 30.3 Å². The molecule has 0 aliphatic heterocycles. The van der Waals surface area contributed by atoms with E-state index < -0.39 is 0 Å². The monoisotopic (exact) mass is 309 g/mol. The molecule has 2 aromatic rings. The number of hydrogen-bond donors (Lipinski definition) is 0. The Labute approximate surface area is 114 Å². The van der Waals surface area contributed by atoms with Gasteiger partial charge in [0.1, 0.15) is 5.03 Å². The van der Waals surface area contributed by atoms with E-state index in [1.54, 1.807) is 18.9 Å². The summed E-state index contributed by atoms with van der Waals surface area (Å²) in [5.41, 5.74) is 1.29. The van der Waals surface area contributed by atoms with Gasteiger partial charge in [0.2, 0.25) is 5.88 Å². The van der Waals surface area contributed by atoms with Crippen LogP contribution in [-0.4, -0.2) is 12.1 Å². The number of methoxy groups -OCH3 is 1. The number of hydrogen-bond acceptors (Lipinski definition) is 3. The maximum atomic E-state index is 5.12. The number of pyridine rings is 1. The molecule has 0 bridgehead atoms. The maximum absolute atomic E-state index is 5.12. The smallest absolute Gasteiger partial charge is 0.214 e. The zero-order chi connectivity index (χ0) is 12.1. The topological polar surface area (TPSA) is 22.1 Å². The highest BCUT2D eigenvalue weighted by Gasteiger charge is 2.05. The predicted octanol–water partition coefficient (Wildman–Crippen LogP) is 4.15. The maximum Gasteiger partial charge on any atom is 0.214 e. The standard InChI is InChI=1S/C13H12BrNOS/c1-16-12-8-7-11(14)13(15-12)17-9-10-5-3-2-4-6-10/h2-8H,9H2,1H3. The molecule has 0 unspecified atom stereocenters. The lowest BCUT2D eigenvalue weighted by molar-refractivity contribution is 0.394. The van der Waals surface area contributed by atoms with E-state index in [4.69, 9.17) is 4.74 Å². The molecule has 1 aromatic carbocycles. The van der Waals surface area contributed by atoms with E-state index in [-0.39, 0.29) is 0 Å². The first-order valence-corrected chi connectivity index (χ1v) is 6.94. The van der Waals surface area contributed by atoms with Crippen molar-refractivity contribution in [3.05, 3.63) is 52.5 Å². The summed E-state index contributed by atoms with van der Waals surface area (Å²) >= 11 is 5.19. The number of nitrogens with zero attached hydrogens (tertiary/aromatic N) is 1. The van der Waals surface area contributed by atoms with Crippen molar-refractivity contribution in [2.45, 2.75) is 10.8 Å². The average molecular weight is 310 g/mol. The van der Waals surface area contributed by atoms with E-state index in [2.05, 4.69) is 33.0 Å². The minimum absolute atomic E-state index is 0.642. The summed E-state index contributed by atoms with van der Waals surface area (Å²) in [4.78, 5) is 4.40. The fourth-order valence-electron chi connectivity index (χ4n) is 1.35. The first-order chi connectivity index (χ1) is 8.29. The molecule has 0 amide bonds. The summed E-state index contributed by atoms with van der Waals surface area (Å²) < 4.78 is 6.12. The van der Waals surface area contributed by atoms with Gasteiger partial charge in [0.25, 0.3) is 0 Å². The summed E-state index contributed by atoms with van der Waals surface area (Å²) in [6.07, 6.45) is 0. The van der Waals surface area contributed by atoms with Gasteiger partial charge in [0.15, 0.2) is 0 Å². The molecule has 0 radical (unpaired) electrons. The third kappa shape index (κ3) is 3.48. The summed E-state index contributed by atoms with van der Waals surface area (Å²) in [6, 6.07) is 14.1. The average Bonchev–Trinajstić information content (AvgIpc) is 2.39. The second-order valence-electron chi connectivity index (χ2n) is 3.41. The molecule has 0 saturated heterocycles. The van der Waals surface area contributed by atoms with Crippen molar-refractivity contribution >= 4 is 27.7 Å². The van der Waals surface area contributed by atoms with Crippen LogP contribution in [0.5, 0.6) is 5.88 Å². The lowest BCUT2D eigenvalue weighted by Crippen LogP contribution is -1.90. The van der Waals surface area contributed by atoms with Crippen LogP contribution in [0, 0.1) is 0 Å². The number of benzene rings is 1. The Hall–Kier alpha value is -1.00. The highest BCUT2D eigenvalue weighted by atomic mass is 79.9. The summed E-state index contributed by atoms with van der Waals surface area (Å²) in [5, 5.41) is 0.952. The number of halogens is 1. The van der Waals surface area contributed by atoms with Crippen molar-refractivity contribution in [3.8, 4) is 5.88 Å². The van der Waals surface area contributed by atoms with Crippen molar-refractivity contribution in [1.29, 1.82) is 0 Å². The van der Waals surface area contributed by atoms with E-state index in [1.165, 1.54) is 5.56 Å². The molecule has 2 rings (SSSR count). The van der Waals surface area contributed by atoms with Gasteiger partial charge in [0.05, 0.1) is 11.6 Å². The highest BCUT2D eigenvalue weighted by molar-refractivity contribution is 9.10. The molecule has 0 fully saturated rings. The first-order valence-electron chi connectivity index (χ1n) is 5.17. The minimum Gasteiger partial charge on any atom is -0.481 e. The molecule has 1 aromatic heterocycles. The normalized spacial score (nSPS) is 10.2. The van der Waals surface area contributed by atoms with Crippen molar-refractivity contribution in [2.24, 2.45) is 0 Å². The first kappa shape index (κ1) is 12.5. The van der Waals surface area contributed by atoms with Gasteiger partial charge in [-0.05, 0) is 27.6 Å². The molecule has 0 spiro atoms. The molecule has 0 saturated carbocycles. The van der Waals surface area contributed by atoms with Crippen LogP contribution in [0.1, 0.15) is 5.56 Å². The van der Waals surface area contributed by atoms with Crippen LogP contribution in [0.3, 0.4) is 0 Å². The van der Waals surface area contributed by atoms with Gasteiger partial charge < -0.3 is 4.74 Å². The van der Waals surface area contributed by atoms with Crippen LogP contribution in [0.4, 0.5) is 0 Å². The van der Waals surface area contributed by atoms with Gasteiger partial charge in [-0.25, -0.2) is 4.98 Å². The number of thioether (sulfide) groups is 1. The Morgan fingerprint density at radius 3 is 2.65 bits per heavy atom. The summed E-state index contributed by atoms with van der Waals surface area (Å²) in [7, 11) is 1.63. The molecule has 1 heterocycles. The van der Waals surface area contributed by atoms with Crippen molar-refractivity contribution in [3.63, 3.8) is 0 Å². The van der Waals surface area contributed by atoms with Gasteiger partial charge in [-0.3, -0.25) is 0 Å². The van der Waals surface area contributed by atoms with Crippen LogP contribution in [0.25, 0.3) is 0 Å². The third-order valence-corrected chi connectivity index (χ3v) is 4.18. The highest BCUT2D eigenvalue weighted by Crippen LogP contribution is 2.29. The molecule has 17 heavy (non-hydrogen) atoms. The Morgan fingerprint density at radius 1 is 1.18 bits per heavy atom. The summed E-state index contributed by atoms with van der Waals surface area (Å²) in [5.74, 6) is 1.54. The second-order valence-corrected chi connectivity index (χ2v) is 5.23. The van der Waals surface area contributed by atoms with Crippen LogP contribution in [0.2, 0.25) is 0 Å². The SMILES string of the molecule is COc1ccc(Br)c(SCc2ccccc2)n1. The van der Waals surface area contributed by atoms with Crippen molar-refractivity contribution in [1.82, 2.24) is 4.98 Å². The molecule has 0 N–H and O–H groups in total.